The molecule has 3 aromatic rings. The molecule has 3 rings (SSSR count). The normalized spacial score (nSPS) is 13.2. The fourth-order valence-corrected chi connectivity index (χ4v) is 4.03. The number of aliphatic hydroxyl groups is 1. The van der Waals surface area contributed by atoms with Crippen LogP contribution in [0, 0.1) is 5.92 Å². The fourth-order valence-electron chi connectivity index (χ4n) is 4.03. The first-order valence-corrected chi connectivity index (χ1v) is 12.7. The Morgan fingerprint density at radius 1 is 0.972 bits per heavy atom. The van der Waals surface area contributed by atoms with E-state index in [2.05, 4.69) is 44.7 Å². The Kier molecular flexibility index (Phi) is 10.3. The lowest BCUT2D eigenvalue weighted by molar-refractivity contribution is 0.0000409. The van der Waals surface area contributed by atoms with Gasteiger partial charge in [0.1, 0.15) is 17.2 Å². The number of nitrogens with zero attached hydrogens (tertiary/aromatic N) is 3. The number of aryl methyl sites for hydroxylation is 1. The van der Waals surface area contributed by atoms with Crippen LogP contribution in [0.25, 0.3) is 11.3 Å². The van der Waals surface area contributed by atoms with Crippen LogP contribution in [0.3, 0.4) is 0 Å². The number of methoxy groups -OCH3 is 1. The molecule has 1 heterocycles. The standard InChI is InChI=1S/C29H41N3O4/c1-7-22(4)32(17-24(33)20-35-19-21(2)3)18-27-28(23-11-9-8-10-12-23)30-31(5)29(27)36-26-15-13-25(34-6)14-16-26/h8-16,21-22,24,33H,7,17-20H2,1-6H3/t22-,24-/m1/s1. The van der Waals surface area contributed by atoms with Crippen LogP contribution >= 0.6 is 0 Å². The number of rotatable bonds is 14. The molecule has 0 amide bonds. The number of hydrogen-bond acceptors (Lipinski definition) is 6. The van der Waals surface area contributed by atoms with Crippen molar-refractivity contribution in [1.82, 2.24) is 14.7 Å². The van der Waals surface area contributed by atoms with E-state index < -0.39 is 6.10 Å². The lowest BCUT2D eigenvalue weighted by Gasteiger charge is -2.30. The Hall–Kier alpha value is -2.87. The molecule has 36 heavy (non-hydrogen) atoms. The molecule has 7 nitrogen and oxygen atoms in total. The second-order valence-corrected chi connectivity index (χ2v) is 9.67. The molecule has 0 aliphatic rings. The zero-order chi connectivity index (χ0) is 26.1. The highest BCUT2D eigenvalue weighted by Crippen LogP contribution is 2.35. The van der Waals surface area contributed by atoms with Gasteiger partial charge in [0.05, 0.1) is 25.4 Å². The molecule has 0 fully saturated rings. The summed E-state index contributed by atoms with van der Waals surface area (Å²) in [5.41, 5.74) is 2.88. The molecule has 2 atom stereocenters. The second-order valence-electron chi connectivity index (χ2n) is 9.67. The van der Waals surface area contributed by atoms with E-state index in [1.165, 1.54) is 0 Å². The highest BCUT2D eigenvalue weighted by atomic mass is 16.5. The van der Waals surface area contributed by atoms with Crippen molar-refractivity contribution in [1.29, 1.82) is 0 Å². The lowest BCUT2D eigenvalue weighted by Crippen LogP contribution is -2.40. The van der Waals surface area contributed by atoms with Gasteiger partial charge < -0.3 is 19.3 Å². The minimum Gasteiger partial charge on any atom is -0.497 e. The van der Waals surface area contributed by atoms with Crippen LogP contribution in [0.1, 0.15) is 39.7 Å². The Bertz CT molecular complexity index is 1050. The van der Waals surface area contributed by atoms with Crippen LogP contribution in [-0.4, -0.2) is 58.8 Å². The summed E-state index contributed by atoms with van der Waals surface area (Å²) < 4.78 is 19.2. The fraction of sp³-hybridized carbons (Fsp3) is 0.483. The Morgan fingerprint density at radius 3 is 2.25 bits per heavy atom. The first kappa shape index (κ1) is 27.7. The summed E-state index contributed by atoms with van der Waals surface area (Å²) in [5.74, 6) is 2.59. The van der Waals surface area contributed by atoms with Gasteiger partial charge in [-0.15, -0.1) is 0 Å². The van der Waals surface area contributed by atoms with Gasteiger partial charge >= 0.3 is 0 Å². The molecule has 0 spiro atoms. The second kappa shape index (κ2) is 13.4. The molecule has 0 unspecified atom stereocenters. The molecule has 2 aromatic carbocycles. The number of aromatic nitrogens is 2. The molecular weight excluding hydrogens is 454 g/mol. The third kappa shape index (κ3) is 7.56. The molecule has 0 aliphatic heterocycles. The minimum absolute atomic E-state index is 0.252. The van der Waals surface area contributed by atoms with Gasteiger partial charge in [0.15, 0.2) is 0 Å². The molecule has 1 N–H and O–H groups in total. The van der Waals surface area contributed by atoms with Gasteiger partial charge in [0.25, 0.3) is 0 Å². The number of benzene rings is 2. The van der Waals surface area contributed by atoms with Crippen molar-refractivity contribution in [2.45, 2.75) is 52.8 Å². The molecule has 0 saturated heterocycles. The van der Waals surface area contributed by atoms with Crippen molar-refractivity contribution in [2.75, 3.05) is 26.9 Å². The summed E-state index contributed by atoms with van der Waals surface area (Å²) in [6.07, 6.45) is 0.371. The highest BCUT2D eigenvalue weighted by Gasteiger charge is 2.25. The Labute approximate surface area is 215 Å². The Balaban J connectivity index is 1.93. The first-order valence-electron chi connectivity index (χ1n) is 12.7. The van der Waals surface area contributed by atoms with E-state index in [4.69, 9.17) is 19.3 Å². The largest absolute Gasteiger partial charge is 0.497 e. The average Bonchev–Trinajstić information content (AvgIpc) is 3.18. The Morgan fingerprint density at radius 2 is 1.64 bits per heavy atom. The molecule has 7 heteroatoms. The van der Waals surface area contributed by atoms with Crippen LogP contribution in [0.4, 0.5) is 0 Å². The molecule has 196 valence electrons. The summed E-state index contributed by atoms with van der Waals surface area (Å²) >= 11 is 0. The van der Waals surface area contributed by atoms with E-state index in [0.717, 1.165) is 29.0 Å². The lowest BCUT2D eigenvalue weighted by atomic mass is 10.1. The van der Waals surface area contributed by atoms with E-state index in [1.807, 2.05) is 49.5 Å². The molecule has 0 saturated carbocycles. The summed E-state index contributed by atoms with van der Waals surface area (Å²) in [6, 6.07) is 17.9. The van der Waals surface area contributed by atoms with Crippen LogP contribution in [-0.2, 0) is 18.3 Å². The van der Waals surface area contributed by atoms with Gasteiger partial charge in [0.2, 0.25) is 5.88 Å². The summed E-state index contributed by atoms with van der Waals surface area (Å²) in [7, 11) is 3.55. The SMILES string of the molecule is CC[C@@H](C)N(Cc1c(-c2ccccc2)nn(C)c1Oc1ccc(OC)cc1)C[C@@H](O)COCC(C)C. The van der Waals surface area contributed by atoms with Gasteiger partial charge in [-0.05, 0) is 43.5 Å². The molecule has 0 aliphatic carbocycles. The maximum Gasteiger partial charge on any atom is 0.222 e. The maximum atomic E-state index is 10.8. The highest BCUT2D eigenvalue weighted by molar-refractivity contribution is 5.65. The van der Waals surface area contributed by atoms with Crippen molar-refractivity contribution in [3.63, 3.8) is 0 Å². The molecule has 0 bridgehead atoms. The zero-order valence-electron chi connectivity index (χ0n) is 22.5. The van der Waals surface area contributed by atoms with E-state index in [9.17, 15) is 5.11 Å². The van der Waals surface area contributed by atoms with Crippen LogP contribution in [0.15, 0.2) is 54.6 Å². The first-order chi connectivity index (χ1) is 17.3. The van der Waals surface area contributed by atoms with Crippen LogP contribution in [0.2, 0.25) is 0 Å². The summed E-state index contributed by atoms with van der Waals surface area (Å²) in [4.78, 5) is 2.29. The average molecular weight is 496 g/mol. The van der Waals surface area contributed by atoms with Crippen molar-refractivity contribution in [2.24, 2.45) is 13.0 Å². The quantitative estimate of drug-likeness (QED) is 0.318. The zero-order valence-corrected chi connectivity index (χ0v) is 22.5. The van der Waals surface area contributed by atoms with Gasteiger partial charge in [-0.2, -0.15) is 5.10 Å². The van der Waals surface area contributed by atoms with Crippen molar-refractivity contribution in [3.05, 3.63) is 60.2 Å². The van der Waals surface area contributed by atoms with Gasteiger partial charge in [-0.25, -0.2) is 4.68 Å². The van der Waals surface area contributed by atoms with Crippen LogP contribution < -0.4 is 9.47 Å². The van der Waals surface area contributed by atoms with E-state index >= 15 is 0 Å². The van der Waals surface area contributed by atoms with Crippen molar-refractivity contribution < 1.29 is 19.3 Å². The summed E-state index contributed by atoms with van der Waals surface area (Å²) in [6.45, 7) is 10.6. The number of ether oxygens (including phenoxy) is 3. The van der Waals surface area contributed by atoms with Crippen molar-refractivity contribution in [3.8, 4) is 28.6 Å². The number of hydrogen-bond donors (Lipinski definition) is 1. The van der Waals surface area contributed by atoms with E-state index in [0.29, 0.717) is 43.9 Å². The third-order valence-corrected chi connectivity index (χ3v) is 6.19. The van der Waals surface area contributed by atoms with E-state index in [-0.39, 0.29) is 6.04 Å². The monoisotopic (exact) mass is 495 g/mol. The maximum absolute atomic E-state index is 10.8. The smallest absolute Gasteiger partial charge is 0.222 e. The third-order valence-electron chi connectivity index (χ3n) is 6.19. The minimum atomic E-state index is -0.583. The van der Waals surface area contributed by atoms with Gasteiger partial charge in [-0.3, -0.25) is 4.90 Å². The topological polar surface area (TPSA) is 69.0 Å². The molecule has 0 radical (unpaired) electrons. The van der Waals surface area contributed by atoms with Crippen molar-refractivity contribution >= 4 is 0 Å². The van der Waals surface area contributed by atoms with Crippen LogP contribution in [0.5, 0.6) is 17.4 Å². The predicted octanol–water partition coefficient (Wildman–Crippen LogP) is 5.52. The number of aliphatic hydroxyl groups excluding tert-OH is 1. The predicted molar refractivity (Wildman–Crippen MR) is 144 cm³/mol. The van der Waals surface area contributed by atoms with Gasteiger partial charge in [-0.1, -0.05) is 51.1 Å². The summed E-state index contributed by atoms with van der Waals surface area (Å²) in [5, 5.41) is 15.6. The molecule has 1 aromatic heterocycles. The van der Waals surface area contributed by atoms with E-state index in [1.54, 1.807) is 11.8 Å². The molecular formula is C29H41N3O4. The van der Waals surface area contributed by atoms with Gasteiger partial charge in [0, 0.05) is 38.3 Å².